The van der Waals surface area contributed by atoms with Crippen LogP contribution < -0.4 is 0 Å². The minimum atomic E-state index is -1.11. The van der Waals surface area contributed by atoms with Gasteiger partial charge in [-0.15, -0.1) is 0 Å². The Balaban J connectivity index is 2.08. The Bertz CT molecular complexity index is 479. The van der Waals surface area contributed by atoms with Gasteiger partial charge in [0.2, 0.25) is 0 Å². The fourth-order valence-corrected chi connectivity index (χ4v) is 2.41. The third-order valence-corrected chi connectivity index (χ3v) is 3.71. The average molecular weight is 262 g/mol. The number of amides is 1. The SMILES string of the molecule is CCC1CCN(C(=O)c2ccnc(C(=O)O)c2)CC1. The van der Waals surface area contributed by atoms with E-state index < -0.39 is 5.97 Å². The number of piperidine rings is 1. The number of rotatable bonds is 3. The summed E-state index contributed by atoms with van der Waals surface area (Å²) in [6.45, 7) is 3.67. The van der Waals surface area contributed by atoms with E-state index in [0.717, 1.165) is 32.4 Å². The lowest BCUT2D eigenvalue weighted by molar-refractivity contribution is 0.0688. The van der Waals surface area contributed by atoms with E-state index in [4.69, 9.17) is 5.11 Å². The summed E-state index contributed by atoms with van der Waals surface area (Å²) in [7, 11) is 0. The van der Waals surface area contributed by atoms with Crippen LogP contribution in [0.5, 0.6) is 0 Å². The van der Waals surface area contributed by atoms with E-state index in [2.05, 4.69) is 11.9 Å². The number of pyridine rings is 1. The van der Waals surface area contributed by atoms with Gasteiger partial charge in [-0.1, -0.05) is 13.3 Å². The highest BCUT2D eigenvalue weighted by Crippen LogP contribution is 2.21. The van der Waals surface area contributed by atoms with E-state index in [1.165, 1.54) is 12.3 Å². The second-order valence-electron chi connectivity index (χ2n) is 4.88. The van der Waals surface area contributed by atoms with Crippen LogP contribution in [0.3, 0.4) is 0 Å². The maximum absolute atomic E-state index is 12.3. The van der Waals surface area contributed by atoms with Crippen molar-refractivity contribution in [2.75, 3.05) is 13.1 Å². The predicted octanol–water partition coefficient (Wildman–Crippen LogP) is 2.04. The second-order valence-corrected chi connectivity index (χ2v) is 4.88. The van der Waals surface area contributed by atoms with Gasteiger partial charge >= 0.3 is 5.97 Å². The normalized spacial score (nSPS) is 16.4. The summed E-state index contributed by atoms with van der Waals surface area (Å²) in [5, 5.41) is 8.88. The van der Waals surface area contributed by atoms with Gasteiger partial charge in [0.25, 0.3) is 5.91 Å². The van der Waals surface area contributed by atoms with Crippen molar-refractivity contribution in [2.24, 2.45) is 5.92 Å². The van der Waals surface area contributed by atoms with E-state index in [0.29, 0.717) is 11.5 Å². The van der Waals surface area contributed by atoms with Gasteiger partial charge in [0.15, 0.2) is 0 Å². The van der Waals surface area contributed by atoms with Crippen LogP contribution in [0.25, 0.3) is 0 Å². The Morgan fingerprint density at radius 2 is 2.11 bits per heavy atom. The molecule has 0 saturated carbocycles. The molecule has 1 fully saturated rings. The third kappa shape index (κ3) is 3.10. The average Bonchev–Trinajstić information content (AvgIpc) is 2.46. The van der Waals surface area contributed by atoms with Crippen molar-refractivity contribution in [3.8, 4) is 0 Å². The number of aromatic carboxylic acids is 1. The van der Waals surface area contributed by atoms with Crippen LogP contribution in [0.1, 0.15) is 47.0 Å². The number of carbonyl (C=O) groups is 2. The zero-order valence-electron chi connectivity index (χ0n) is 11.0. The van der Waals surface area contributed by atoms with Crippen molar-refractivity contribution in [3.63, 3.8) is 0 Å². The molecule has 1 aliphatic heterocycles. The van der Waals surface area contributed by atoms with Gasteiger partial charge in [-0.2, -0.15) is 0 Å². The van der Waals surface area contributed by atoms with Crippen molar-refractivity contribution in [2.45, 2.75) is 26.2 Å². The van der Waals surface area contributed by atoms with E-state index in [-0.39, 0.29) is 11.6 Å². The molecule has 1 N–H and O–H groups in total. The molecule has 1 saturated heterocycles. The molecule has 1 aromatic heterocycles. The van der Waals surface area contributed by atoms with Gasteiger partial charge in [-0.05, 0) is 30.9 Å². The monoisotopic (exact) mass is 262 g/mol. The number of aromatic nitrogens is 1. The minimum absolute atomic E-state index is 0.0886. The molecule has 0 spiro atoms. The zero-order valence-corrected chi connectivity index (χ0v) is 11.0. The Hall–Kier alpha value is -1.91. The molecule has 102 valence electrons. The molecule has 0 aliphatic carbocycles. The van der Waals surface area contributed by atoms with Crippen LogP contribution in [0.15, 0.2) is 18.3 Å². The van der Waals surface area contributed by atoms with Crippen LogP contribution in [-0.4, -0.2) is 40.0 Å². The van der Waals surface area contributed by atoms with Crippen molar-refractivity contribution < 1.29 is 14.7 Å². The topological polar surface area (TPSA) is 70.5 Å². The van der Waals surface area contributed by atoms with Crippen molar-refractivity contribution in [1.82, 2.24) is 9.88 Å². The largest absolute Gasteiger partial charge is 0.477 e. The molecule has 1 amide bonds. The van der Waals surface area contributed by atoms with Crippen molar-refractivity contribution >= 4 is 11.9 Å². The second kappa shape index (κ2) is 5.82. The lowest BCUT2D eigenvalue weighted by Crippen LogP contribution is -2.38. The van der Waals surface area contributed by atoms with E-state index in [9.17, 15) is 9.59 Å². The molecule has 2 heterocycles. The Morgan fingerprint density at radius 1 is 1.42 bits per heavy atom. The smallest absolute Gasteiger partial charge is 0.354 e. The first-order valence-electron chi connectivity index (χ1n) is 6.60. The first kappa shape index (κ1) is 13.5. The standard InChI is InChI=1S/C14H18N2O3/c1-2-10-4-7-16(8-5-10)13(17)11-3-6-15-12(9-11)14(18)19/h3,6,9-10H,2,4-5,7-8H2,1H3,(H,18,19). The van der Waals surface area contributed by atoms with Crippen molar-refractivity contribution in [1.29, 1.82) is 0 Å². The predicted molar refractivity (Wildman–Crippen MR) is 70.1 cm³/mol. The molecular formula is C14H18N2O3. The van der Waals surface area contributed by atoms with E-state index in [1.54, 1.807) is 11.0 Å². The van der Waals surface area contributed by atoms with E-state index >= 15 is 0 Å². The van der Waals surface area contributed by atoms with Crippen molar-refractivity contribution in [3.05, 3.63) is 29.6 Å². The molecule has 0 bridgehead atoms. The molecule has 1 aliphatic rings. The molecular weight excluding hydrogens is 244 g/mol. The first-order chi connectivity index (χ1) is 9.11. The maximum Gasteiger partial charge on any atom is 0.354 e. The minimum Gasteiger partial charge on any atom is -0.477 e. The quantitative estimate of drug-likeness (QED) is 0.905. The molecule has 1 aromatic rings. The molecule has 0 atom stereocenters. The highest BCUT2D eigenvalue weighted by molar-refractivity contribution is 5.96. The van der Waals surface area contributed by atoms with Crippen LogP contribution in [0.4, 0.5) is 0 Å². The maximum atomic E-state index is 12.3. The highest BCUT2D eigenvalue weighted by Gasteiger charge is 2.23. The molecule has 0 radical (unpaired) electrons. The summed E-state index contributed by atoms with van der Waals surface area (Å²) in [5.41, 5.74) is 0.316. The van der Waals surface area contributed by atoms with Crippen LogP contribution >= 0.6 is 0 Å². The summed E-state index contributed by atoms with van der Waals surface area (Å²) in [5.74, 6) is -0.505. The van der Waals surface area contributed by atoms with E-state index in [1.807, 2.05) is 0 Å². The van der Waals surface area contributed by atoms with Crippen LogP contribution in [-0.2, 0) is 0 Å². The molecule has 0 aromatic carbocycles. The fraction of sp³-hybridized carbons (Fsp3) is 0.500. The number of carboxylic acid groups (broad SMARTS) is 1. The number of hydrogen-bond donors (Lipinski definition) is 1. The lowest BCUT2D eigenvalue weighted by Gasteiger charge is -2.31. The van der Waals surface area contributed by atoms with Gasteiger partial charge in [0.05, 0.1) is 0 Å². The number of likely N-dealkylation sites (tertiary alicyclic amines) is 1. The molecule has 2 rings (SSSR count). The van der Waals surface area contributed by atoms with Gasteiger partial charge < -0.3 is 10.0 Å². The highest BCUT2D eigenvalue weighted by atomic mass is 16.4. The zero-order chi connectivity index (χ0) is 13.8. The van der Waals surface area contributed by atoms with Gasteiger partial charge in [-0.25, -0.2) is 9.78 Å². The third-order valence-electron chi connectivity index (χ3n) is 3.71. The lowest BCUT2D eigenvalue weighted by atomic mass is 9.94. The summed E-state index contributed by atoms with van der Waals surface area (Å²) < 4.78 is 0. The van der Waals surface area contributed by atoms with Gasteiger partial charge in [0, 0.05) is 24.8 Å². The number of carbonyl (C=O) groups excluding carboxylic acids is 1. The Labute approximate surface area is 112 Å². The molecule has 5 heteroatoms. The molecule has 0 unspecified atom stereocenters. The summed E-state index contributed by atoms with van der Waals surface area (Å²) in [4.78, 5) is 28.6. The Morgan fingerprint density at radius 3 is 2.68 bits per heavy atom. The fourth-order valence-electron chi connectivity index (χ4n) is 2.41. The first-order valence-corrected chi connectivity index (χ1v) is 6.60. The number of carboxylic acids is 1. The summed E-state index contributed by atoms with van der Waals surface area (Å²) in [6.07, 6.45) is 4.58. The van der Waals surface area contributed by atoms with Crippen LogP contribution in [0.2, 0.25) is 0 Å². The van der Waals surface area contributed by atoms with Crippen LogP contribution in [0, 0.1) is 5.92 Å². The summed E-state index contributed by atoms with van der Waals surface area (Å²) in [6, 6.07) is 2.91. The molecule has 19 heavy (non-hydrogen) atoms. The van der Waals surface area contributed by atoms with Gasteiger partial charge in [0.1, 0.15) is 5.69 Å². The molecule has 5 nitrogen and oxygen atoms in total. The number of nitrogens with zero attached hydrogens (tertiary/aromatic N) is 2. The van der Waals surface area contributed by atoms with Gasteiger partial charge in [-0.3, -0.25) is 4.79 Å². The number of hydrogen-bond acceptors (Lipinski definition) is 3. The summed E-state index contributed by atoms with van der Waals surface area (Å²) >= 11 is 0. The Kier molecular flexibility index (Phi) is 4.14.